The number of methoxy groups -OCH3 is 1. The lowest BCUT2D eigenvalue weighted by Gasteiger charge is -2.27. The third kappa shape index (κ3) is 14.0. The number of carbonyl (C=O) groups is 3. The SMILES string of the molecule is CCOC(=O)C1=NOC(c2ccccc2)(c2ccccc2)C1.COc1ncc(F)c2nc(S(=O)(=O)Nc3c(F)cccc3F)nn12.Cc1nn(C)c(O)c1C(=O)c1ccc(C(F)(F)F)cc1S(C)(=O)=O.Nc1cc(Cl)nc(C(=O)O)c1Cl. The molecule has 9 rings (SSSR count). The van der Waals surface area contributed by atoms with Crippen molar-refractivity contribution in [3.05, 3.63) is 176 Å². The summed E-state index contributed by atoms with van der Waals surface area (Å²) in [6, 6.07) is 25.3. The summed E-state index contributed by atoms with van der Waals surface area (Å²) in [7, 11) is -6.13. The van der Waals surface area contributed by atoms with E-state index >= 15 is 0 Å². The number of aromatic carboxylic acids is 1. The Kier molecular flexibility index (Phi) is 19.2. The summed E-state index contributed by atoms with van der Waals surface area (Å²) in [6.07, 6.45) is -2.92. The van der Waals surface area contributed by atoms with Gasteiger partial charge < -0.3 is 30.3 Å². The molecule has 4 aromatic carbocycles. The Bertz CT molecular complexity index is 3930. The number of hydrogen-bond donors (Lipinski definition) is 4. The highest BCUT2D eigenvalue weighted by Crippen LogP contribution is 2.41. The smallest absolute Gasteiger partial charge is 0.416 e. The number of para-hydroxylation sites is 1. The zero-order valence-electron chi connectivity index (χ0n) is 42.8. The van der Waals surface area contributed by atoms with E-state index in [0.29, 0.717) is 41.6 Å². The molecule has 0 bridgehead atoms. The molecule has 0 radical (unpaired) electrons. The standard InChI is InChI=1S/C18H17NO3.C14H13F3N2O4S.C12H8F3N5O3S.C6H4Cl2N2O2/c1-2-21-17(20)16-13-18(22-19-16,14-9-5-3-6-10-14)15-11-7-4-8-12-15;1-7-11(13(21)19(2)18-7)12(20)9-5-4-8(14(15,16)17)6-10(9)24(3,22)23;1-23-12-16-5-8(15)10-17-11(18-20(10)12)24(21,22)19-9-6(13)3-2-4-7(9)14;7-3-1-2(9)4(8)5(10-3)6(11)12/h3-12H,2,13H2,1H3;4-6,21H,1-3H3;2-5,19H,1H3;1H,(H2,9,10)(H,11,12). The number of nitrogens with two attached hydrogens (primary N) is 1. The van der Waals surface area contributed by atoms with Crippen molar-refractivity contribution >= 4 is 83.5 Å². The molecule has 0 saturated carbocycles. The number of esters is 1. The average Bonchev–Trinajstić information content (AvgIpc) is 3.55. The van der Waals surface area contributed by atoms with Crippen molar-refractivity contribution in [1.82, 2.24) is 34.3 Å². The van der Waals surface area contributed by atoms with Gasteiger partial charge in [-0.1, -0.05) is 95.1 Å². The van der Waals surface area contributed by atoms with Gasteiger partial charge in [-0.25, -0.2) is 45.8 Å². The van der Waals surface area contributed by atoms with Crippen LogP contribution in [0.25, 0.3) is 5.65 Å². The lowest BCUT2D eigenvalue weighted by molar-refractivity contribution is -0.138. The van der Waals surface area contributed by atoms with Gasteiger partial charge in [-0.3, -0.25) is 9.52 Å². The molecule has 0 unspecified atom stereocenters. The van der Waals surface area contributed by atoms with Gasteiger partial charge in [0.2, 0.25) is 11.7 Å². The Morgan fingerprint density at radius 1 is 0.878 bits per heavy atom. The molecule has 5 heterocycles. The monoisotopic (exact) mass is 1220 g/mol. The fourth-order valence-corrected chi connectivity index (χ4v) is 9.61. The number of carbonyl (C=O) groups excluding carboxylic acids is 2. The number of carboxylic acids is 1. The first-order valence-electron chi connectivity index (χ1n) is 22.9. The van der Waals surface area contributed by atoms with Gasteiger partial charge in [0.15, 0.2) is 38.3 Å². The molecular formula is C50H42Cl2F6N10O12S2. The molecule has 32 heteroatoms. The van der Waals surface area contributed by atoms with Crippen LogP contribution in [0.3, 0.4) is 0 Å². The molecular weight excluding hydrogens is 1180 g/mol. The number of ketones is 1. The van der Waals surface area contributed by atoms with Crippen molar-refractivity contribution < 1.29 is 82.1 Å². The van der Waals surface area contributed by atoms with E-state index in [2.05, 4.69) is 30.3 Å². The van der Waals surface area contributed by atoms with Crippen molar-refractivity contribution in [3.8, 4) is 11.9 Å². The number of benzene rings is 4. The number of pyridine rings is 1. The van der Waals surface area contributed by atoms with Crippen molar-refractivity contribution in [2.24, 2.45) is 12.2 Å². The second-order valence-electron chi connectivity index (χ2n) is 16.7. The number of fused-ring (bicyclic) bond motifs is 1. The number of nitrogens with zero attached hydrogens (tertiary/aromatic N) is 8. The lowest BCUT2D eigenvalue weighted by Crippen LogP contribution is -2.29. The van der Waals surface area contributed by atoms with Gasteiger partial charge in [0.25, 0.3) is 15.2 Å². The van der Waals surface area contributed by atoms with Crippen molar-refractivity contribution in [2.45, 2.75) is 42.1 Å². The minimum absolute atomic E-state index is 0.00861. The molecule has 5 N–H and O–H groups in total. The van der Waals surface area contributed by atoms with Crippen LogP contribution in [0.5, 0.6) is 11.9 Å². The highest BCUT2D eigenvalue weighted by atomic mass is 35.5. The molecule has 432 valence electrons. The topological polar surface area (TPSA) is 312 Å². The van der Waals surface area contributed by atoms with Crippen LogP contribution in [0.2, 0.25) is 10.2 Å². The van der Waals surface area contributed by atoms with Crippen LogP contribution >= 0.6 is 23.2 Å². The fourth-order valence-electron chi connectivity index (χ4n) is 7.38. The number of anilines is 2. The van der Waals surface area contributed by atoms with E-state index in [-0.39, 0.29) is 38.8 Å². The summed E-state index contributed by atoms with van der Waals surface area (Å²) in [5, 5.41) is 28.8. The number of aromatic nitrogens is 7. The van der Waals surface area contributed by atoms with Crippen LogP contribution in [0.4, 0.5) is 37.7 Å². The molecule has 1 aliphatic rings. The van der Waals surface area contributed by atoms with E-state index in [1.165, 1.54) is 27.1 Å². The molecule has 0 amide bonds. The number of nitrogen functional groups attached to an aromatic ring is 1. The Balaban J connectivity index is 0.000000180. The number of rotatable bonds is 12. The van der Waals surface area contributed by atoms with Gasteiger partial charge in [-0.2, -0.15) is 36.2 Å². The quantitative estimate of drug-likeness (QED) is 0.0386. The van der Waals surface area contributed by atoms with Crippen LogP contribution < -0.4 is 15.2 Å². The summed E-state index contributed by atoms with van der Waals surface area (Å²) in [6.45, 7) is 3.51. The van der Waals surface area contributed by atoms with Gasteiger partial charge in [-0.15, -0.1) is 5.10 Å². The number of sulfone groups is 1. The van der Waals surface area contributed by atoms with E-state index in [1.54, 1.807) is 11.6 Å². The first kappa shape index (κ1) is 62.3. The minimum atomic E-state index is -4.76. The first-order valence-corrected chi connectivity index (χ1v) is 27.1. The first-order chi connectivity index (χ1) is 38.4. The highest BCUT2D eigenvalue weighted by Gasteiger charge is 2.45. The normalized spacial score (nSPS) is 12.7. The van der Waals surface area contributed by atoms with E-state index in [9.17, 15) is 62.7 Å². The molecule has 0 spiro atoms. The third-order valence-electron chi connectivity index (χ3n) is 11.1. The second-order valence-corrected chi connectivity index (χ2v) is 21.1. The number of oxime groups is 1. The Labute approximate surface area is 470 Å². The number of aryl methyl sites for hydroxylation is 2. The van der Waals surface area contributed by atoms with Crippen molar-refractivity contribution in [1.29, 1.82) is 0 Å². The van der Waals surface area contributed by atoms with Crippen LogP contribution in [0.1, 0.15) is 62.1 Å². The molecule has 0 fully saturated rings. The predicted octanol–water partition coefficient (Wildman–Crippen LogP) is 8.38. The van der Waals surface area contributed by atoms with Gasteiger partial charge in [0.1, 0.15) is 28.0 Å². The average molecular weight is 1220 g/mol. The molecule has 8 aromatic rings. The predicted molar refractivity (Wildman–Crippen MR) is 281 cm³/mol. The van der Waals surface area contributed by atoms with Crippen molar-refractivity contribution in [3.63, 3.8) is 0 Å². The number of ether oxygens (including phenoxy) is 2. The summed E-state index contributed by atoms with van der Waals surface area (Å²) < 4.78 is 141. The van der Waals surface area contributed by atoms with E-state index < -0.39 is 105 Å². The molecule has 4 aromatic heterocycles. The number of nitrogens with one attached hydrogen (secondary N) is 1. The number of halogens is 8. The van der Waals surface area contributed by atoms with E-state index in [0.717, 1.165) is 46.3 Å². The van der Waals surface area contributed by atoms with E-state index in [4.69, 9.17) is 48.4 Å². The number of carboxylic acid groups (broad SMARTS) is 1. The number of sulfonamides is 1. The highest BCUT2D eigenvalue weighted by molar-refractivity contribution is 7.92. The summed E-state index contributed by atoms with van der Waals surface area (Å²) in [4.78, 5) is 50.6. The Hall–Kier alpha value is -8.87. The van der Waals surface area contributed by atoms with Crippen LogP contribution in [-0.2, 0) is 53.1 Å². The largest absolute Gasteiger partial charge is 0.493 e. The van der Waals surface area contributed by atoms with Crippen LogP contribution in [-0.4, -0.2) is 105 Å². The lowest BCUT2D eigenvalue weighted by atomic mass is 9.82. The number of hydrogen-bond acceptors (Lipinski definition) is 18. The van der Waals surface area contributed by atoms with Crippen molar-refractivity contribution in [2.75, 3.05) is 30.4 Å². The van der Waals surface area contributed by atoms with Gasteiger partial charge >= 0.3 is 24.1 Å². The maximum atomic E-state index is 13.7. The number of alkyl halides is 3. The van der Waals surface area contributed by atoms with Gasteiger partial charge in [-0.05, 0) is 50.2 Å². The van der Waals surface area contributed by atoms with E-state index in [1.807, 2.05) is 60.7 Å². The maximum absolute atomic E-state index is 13.7. The molecule has 1 aliphatic heterocycles. The number of aromatic hydroxyl groups is 1. The third-order valence-corrected chi connectivity index (χ3v) is 14.0. The maximum Gasteiger partial charge on any atom is 0.416 e. The van der Waals surface area contributed by atoms with Gasteiger partial charge in [0.05, 0.1) is 53.2 Å². The van der Waals surface area contributed by atoms with Gasteiger partial charge in [0, 0.05) is 30.0 Å². The fraction of sp³-hybridized carbons (Fsp3) is 0.180. The molecule has 22 nitrogen and oxygen atoms in total. The van der Waals surface area contributed by atoms with Crippen LogP contribution in [0.15, 0.2) is 125 Å². The summed E-state index contributed by atoms with van der Waals surface area (Å²) in [5.41, 5.74) is 3.42. The zero-order valence-corrected chi connectivity index (χ0v) is 45.9. The minimum Gasteiger partial charge on any atom is -0.493 e. The zero-order chi connectivity index (χ0) is 60.6. The summed E-state index contributed by atoms with van der Waals surface area (Å²) >= 11 is 11.0. The molecule has 0 aliphatic carbocycles. The molecule has 0 atom stereocenters. The van der Waals surface area contributed by atoms with Crippen LogP contribution in [0, 0.1) is 24.4 Å². The molecule has 0 saturated heterocycles. The molecule has 82 heavy (non-hydrogen) atoms. The second kappa shape index (κ2) is 25.3. The Morgan fingerprint density at radius 3 is 1.99 bits per heavy atom. The Morgan fingerprint density at radius 2 is 1.48 bits per heavy atom. The summed E-state index contributed by atoms with van der Waals surface area (Å²) in [5.74, 6) is -6.32.